The molecule has 2 N–H and O–H groups in total. The highest BCUT2D eigenvalue weighted by Gasteiger charge is 2.43. The second-order valence-electron chi connectivity index (χ2n) is 7.37. The molecule has 2 heterocycles. The van der Waals surface area contributed by atoms with E-state index in [1.54, 1.807) is 0 Å². The van der Waals surface area contributed by atoms with Gasteiger partial charge in [0, 0.05) is 12.1 Å². The Balaban J connectivity index is 1.30. The number of ether oxygens (including phenoxy) is 1. The summed E-state index contributed by atoms with van der Waals surface area (Å²) in [6.45, 7) is 3.60. The average molecular weight is 352 g/mol. The molecule has 1 aromatic heterocycles. The maximum atomic E-state index is 11.3. The first-order valence-electron chi connectivity index (χ1n) is 9.24. The van der Waals surface area contributed by atoms with Crippen molar-refractivity contribution in [2.45, 2.75) is 38.2 Å². The maximum absolute atomic E-state index is 11.3. The molecule has 0 bridgehead atoms. The van der Waals surface area contributed by atoms with E-state index in [-0.39, 0.29) is 11.7 Å². The van der Waals surface area contributed by atoms with E-state index >= 15 is 0 Å². The molecule has 0 unspecified atom stereocenters. The summed E-state index contributed by atoms with van der Waals surface area (Å²) in [4.78, 5) is 11.3. The van der Waals surface area contributed by atoms with E-state index in [1.165, 1.54) is 5.56 Å². The van der Waals surface area contributed by atoms with Gasteiger partial charge in [-0.25, -0.2) is 4.79 Å². The molecule has 0 atom stereocenters. The number of benzene rings is 1. The van der Waals surface area contributed by atoms with Crippen LogP contribution < -0.4 is 10.6 Å². The van der Waals surface area contributed by atoms with Crippen molar-refractivity contribution in [3.05, 3.63) is 42.0 Å². The fraction of sp³-hybridized carbons (Fsp3) is 0.450. The predicted molar refractivity (Wildman–Crippen MR) is 99.9 cm³/mol. The summed E-state index contributed by atoms with van der Waals surface area (Å²) in [5.41, 5.74) is 2.94. The summed E-state index contributed by atoms with van der Waals surface area (Å²) in [6.07, 6.45) is 3.69. The van der Waals surface area contributed by atoms with Gasteiger partial charge in [0.15, 0.2) is 0 Å². The van der Waals surface area contributed by atoms with Crippen LogP contribution in [0.4, 0.5) is 10.6 Å². The van der Waals surface area contributed by atoms with Crippen LogP contribution in [0, 0.1) is 12.8 Å². The minimum Gasteiger partial charge on any atom is -0.441 e. The fourth-order valence-electron chi connectivity index (χ4n) is 3.87. The lowest BCUT2D eigenvalue weighted by atomic mass is 9.79. The molecule has 2 aromatic rings. The molecule has 1 saturated carbocycles. The van der Waals surface area contributed by atoms with Gasteiger partial charge in [-0.05, 0) is 56.2 Å². The molecule has 1 spiro atoms. The van der Waals surface area contributed by atoms with Crippen LogP contribution in [0.5, 0.6) is 0 Å². The van der Waals surface area contributed by atoms with Crippen molar-refractivity contribution in [1.82, 2.24) is 15.5 Å². The van der Waals surface area contributed by atoms with E-state index in [1.807, 2.05) is 24.3 Å². The van der Waals surface area contributed by atoms with Gasteiger partial charge >= 0.3 is 6.09 Å². The van der Waals surface area contributed by atoms with Crippen LogP contribution >= 0.6 is 0 Å². The number of aromatic nitrogens is 2. The Kier molecular flexibility index (Phi) is 4.49. The van der Waals surface area contributed by atoms with E-state index in [9.17, 15) is 4.79 Å². The molecule has 6 nitrogen and oxygen atoms in total. The van der Waals surface area contributed by atoms with Crippen molar-refractivity contribution >= 4 is 11.9 Å². The molecule has 1 aromatic carbocycles. The molecule has 1 aliphatic carbocycles. The summed E-state index contributed by atoms with van der Waals surface area (Å²) in [5, 5.41) is 14.9. The Morgan fingerprint density at radius 1 is 1.19 bits per heavy atom. The van der Waals surface area contributed by atoms with Gasteiger partial charge in [-0.1, -0.05) is 24.3 Å². The number of hydrogen-bond donors (Lipinski definition) is 2. The molecular formula is C20H24N4O2. The van der Waals surface area contributed by atoms with Gasteiger partial charge in [-0.15, -0.1) is 10.2 Å². The first-order chi connectivity index (χ1) is 12.6. The van der Waals surface area contributed by atoms with Gasteiger partial charge in [0.2, 0.25) is 0 Å². The van der Waals surface area contributed by atoms with Crippen LogP contribution in [0.25, 0.3) is 11.3 Å². The van der Waals surface area contributed by atoms with Gasteiger partial charge < -0.3 is 15.4 Å². The average Bonchev–Trinajstić information content (AvgIpc) is 3.03. The number of nitrogens with one attached hydrogen (secondary N) is 2. The van der Waals surface area contributed by atoms with Crippen molar-refractivity contribution in [1.29, 1.82) is 0 Å². The summed E-state index contributed by atoms with van der Waals surface area (Å²) >= 11 is 0. The van der Waals surface area contributed by atoms with Crippen LogP contribution in [0.2, 0.25) is 0 Å². The molecule has 2 fully saturated rings. The third-order valence-electron chi connectivity index (χ3n) is 5.54. The van der Waals surface area contributed by atoms with Crippen molar-refractivity contribution in [3.63, 3.8) is 0 Å². The number of alkyl carbamates (subject to hydrolysis) is 1. The van der Waals surface area contributed by atoms with Crippen LogP contribution in [0.1, 0.15) is 31.2 Å². The summed E-state index contributed by atoms with van der Waals surface area (Å²) in [6, 6.07) is 12.2. The molecule has 1 amide bonds. The van der Waals surface area contributed by atoms with Crippen LogP contribution in [-0.2, 0) is 4.74 Å². The SMILES string of the molecule is Cc1ccccc1-c1ccc(NC[C@H]2CC[C@]3(CC2)CNC(=O)O3)nn1. The number of anilines is 1. The molecule has 0 radical (unpaired) electrons. The minimum atomic E-state index is -0.273. The largest absolute Gasteiger partial charge is 0.441 e. The lowest BCUT2D eigenvalue weighted by molar-refractivity contribution is 0.0148. The number of rotatable bonds is 4. The highest BCUT2D eigenvalue weighted by molar-refractivity contribution is 5.70. The van der Waals surface area contributed by atoms with E-state index in [2.05, 4.69) is 39.9 Å². The van der Waals surface area contributed by atoms with Crippen LogP contribution in [0.15, 0.2) is 36.4 Å². The van der Waals surface area contributed by atoms with Crippen LogP contribution in [0.3, 0.4) is 0 Å². The Morgan fingerprint density at radius 2 is 2.00 bits per heavy atom. The van der Waals surface area contributed by atoms with Gasteiger partial charge in [0.1, 0.15) is 11.4 Å². The second kappa shape index (κ2) is 6.94. The molecule has 1 saturated heterocycles. The molecule has 1 aliphatic heterocycles. The molecule has 2 aliphatic rings. The van der Waals surface area contributed by atoms with Crippen molar-refractivity contribution in [3.8, 4) is 11.3 Å². The van der Waals surface area contributed by atoms with Gasteiger partial charge in [-0.2, -0.15) is 0 Å². The standard InChI is InChI=1S/C20H24N4O2/c1-14-4-2-3-5-16(14)17-6-7-18(24-23-17)21-12-15-8-10-20(11-9-15)13-22-19(25)26-20/h2-7,15H,8-13H2,1H3,(H,21,24)(H,22,25)/t15-,20-. The van der Waals surface area contributed by atoms with E-state index in [4.69, 9.17) is 4.74 Å². The maximum Gasteiger partial charge on any atom is 0.407 e. The lowest BCUT2D eigenvalue weighted by Crippen LogP contribution is -2.39. The topological polar surface area (TPSA) is 76.1 Å². The Hall–Kier alpha value is -2.63. The van der Waals surface area contributed by atoms with E-state index in [0.717, 1.165) is 49.3 Å². The molecule has 26 heavy (non-hydrogen) atoms. The summed E-state index contributed by atoms with van der Waals surface area (Å²) in [5.74, 6) is 1.37. The van der Waals surface area contributed by atoms with Crippen molar-refractivity contribution < 1.29 is 9.53 Å². The number of amides is 1. The highest BCUT2D eigenvalue weighted by Crippen LogP contribution is 2.36. The molecular weight excluding hydrogens is 328 g/mol. The second-order valence-corrected chi connectivity index (χ2v) is 7.37. The zero-order chi connectivity index (χ0) is 18.0. The first kappa shape index (κ1) is 16.8. The summed E-state index contributed by atoms with van der Waals surface area (Å²) in [7, 11) is 0. The first-order valence-corrected chi connectivity index (χ1v) is 9.24. The molecule has 4 rings (SSSR count). The molecule has 6 heteroatoms. The normalized spacial score (nSPS) is 25.0. The highest BCUT2D eigenvalue weighted by atomic mass is 16.6. The Morgan fingerprint density at radius 3 is 2.65 bits per heavy atom. The van der Waals surface area contributed by atoms with Gasteiger partial charge in [0.05, 0.1) is 12.2 Å². The fourth-order valence-corrected chi connectivity index (χ4v) is 3.87. The number of carbonyl (C=O) groups is 1. The van der Waals surface area contributed by atoms with E-state index in [0.29, 0.717) is 12.5 Å². The number of nitrogens with zero attached hydrogens (tertiary/aromatic N) is 2. The number of hydrogen-bond acceptors (Lipinski definition) is 5. The van der Waals surface area contributed by atoms with Crippen LogP contribution in [-0.4, -0.2) is 35.0 Å². The van der Waals surface area contributed by atoms with Crippen molar-refractivity contribution in [2.24, 2.45) is 5.92 Å². The smallest absolute Gasteiger partial charge is 0.407 e. The lowest BCUT2D eigenvalue weighted by Gasteiger charge is -2.34. The van der Waals surface area contributed by atoms with Gasteiger partial charge in [0.25, 0.3) is 0 Å². The number of carbonyl (C=O) groups excluding carboxylic acids is 1. The van der Waals surface area contributed by atoms with Gasteiger partial charge in [-0.3, -0.25) is 0 Å². The van der Waals surface area contributed by atoms with Crippen molar-refractivity contribution in [2.75, 3.05) is 18.4 Å². The zero-order valence-corrected chi connectivity index (χ0v) is 15.0. The number of aryl methyl sites for hydroxylation is 1. The monoisotopic (exact) mass is 352 g/mol. The summed E-state index contributed by atoms with van der Waals surface area (Å²) < 4.78 is 5.47. The van der Waals surface area contributed by atoms with E-state index < -0.39 is 0 Å². The zero-order valence-electron chi connectivity index (χ0n) is 15.0. The minimum absolute atomic E-state index is 0.261. The predicted octanol–water partition coefficient (Wildman–Crippen LogP) is 3.53. The quantitative estimate of drug-likeness (QED) is 0.880. The third-order valence-corrected chi connectivity index (χ3v) is 5.54. The Bertz CT molecular complexity index is 783. The molecule has 136 valence electrons. The Labute approximate surface area is 153 Å². The third kappa shape index (κ3) is 3.49.